The highest BCUT2D eigenvalue weighted by molar-refractivity contribution is 6.28. The summed E-state index contributed by atoms with van der Waals surface area (Å²) in [6, 6.07) is 94.7. The number of furan rings is 1. The van der Waals surface area contributed by atoms with Crippen LogP contribution in [0.1, 0.15) is 22.3 Å². The Balaban J connectivity index is 0.954. The smallest absolute Gasteiger partial charge is 0.143 e. The fourth-order valence-electron chi connectivity index (χ4n) is 11.0. The average molecular weight is 854 g/mol. The lowest BCUT2D eigenvalue weighted by Gasteiger charge is -2.35. The van der Waals surface area contributed by atoms with Crippen molar-refractivity contribution in [3.8, 4) is 44.7 Å². The van der Waals surface area contributed by atoms with Crippen molar-refractivity contribution in [2.45, 2.75) is 5.41 Å². The van der Waals surface area contributed by atoms with E-state index in [1.165, 1.54) is 49.5 Å². The molecule has 1 aliphatic rings. The second-order valence-electron chi connectivity index (χ2n) is 17.5. The van der Waals surface area contributed by atoms with Crippen LogP contribution in [-0.4, -0.2) is 0 Å². The summed E-state index contributed by atoms with van der Waals surface area (Å²) in [4.78, 5) is 2.39. The van der Waals surface area contributed by atoms with E-state index in [2.05, 4.69) is 266 Å². The third-order valence-corrected chi connectivity index (χ3v) is 13.9. The predicted octanol–water partition coefficient (Wildman–Crippen LogP) is 17.6. The highest BCUT2D eigenvalue weighted by atomic mass is 16.3. The van der Waals surface area contributed by atoms with E-state index < -0.39 is 5.41 Å². The zero-order chi connectivity index (χ0) is 44.3. The van der Waals surface area contributed by atoms with E-state index in [-0.39, 0.29) is 0 Å². The van der Waals surface area contributed by atoms with E-state index in [9.17, 15) is 0 Å². The highest BCUT2D eigenvalue weighted by Crippen LogP contribution is 2.57. The van der Waals surface area contributed by atoms with E-state index in [0.29, 0.717) is 0 Å². The van der Waals surface area contributed by atoms with Gasteiger partial charge < -0.3 is 9.32 Å². The number of fused-ring (bicyclic) bond motifs is 9. The molecule has 0 radical (unpaired) electrons. The highest BCUT2D eigenvalue weighted by Gasteiger charge is 2.46. The average Bonchev–Trinajstić information content (AvgIpc) is 3.96. The first-order valence-corrected chi connectivity index (χ1v) is 23.1. The molecule has 0 fully saturated rings. The molecule has 0 N–H and O–H groups in total. The largest absolute Gasteiger partial charge is 0.455 e. The van der Waals surface area contributed by atoms with Gasteiger partial charge in [-0.05, 0) is 115 Å². The van der Waals surface area contributed by atoms with Gasteiger partial charge in [0.1, 0.15) is 11.3 Å². The molecular weight excluding hydrogens is 811 g/mol. The Morgan fingerprint density at radius 1 is 0.313 bits per heavy atom. The maximum absolute atomic E-state index is 7.04. The quantitative estimate of drug-likeness (QED) is 0.142. The van der Waals surface area contributed by atoms with Gasteiger partial charge >= 0.3 is 0 Å². The van der Waals surface area contributed by atoms with Gasteiger partial charge in [0, 0.05) is 39.0 Å². The first kappa shape index (κ1) is 38.7. The second kappa shape index (κ2) is 15.8. The zero-order valence-electron chi connectivity index (χ0n) is 36.7. The first-order valence-electron chi connectivity index (χ1n) is 23.1. The lowest BCUT2D eigenvalue weighted by atomic mass is 9.67. The number of anilines is 3. The molecule has 0 spiro atoms. The van der Waals surface area contributed by atoms with Gasteiger partial charge in [-0.2, -0.15) is 0 Å². The second-order valence-corrected chi connectivity index (χ2v) is 17.5. The zero-order valence-corrected chi connectivity index (χ0v) is 36.7. The molecule has 0 bridgehead atoms. The maximum atomic E-state index is 7.04. The minimum atomic E-state index is -0.496. The molecule has 0 saturated carbocycles. The summed E-state index contributed by atoms with van der Waals surface area (Å²) < 4.78 is 7.04. The van der Waals surface area contributed by atoms with Crippen molar-refractivity contribution in [2.24, 2.45) is 0 Å². The van der Waals surface area contributed by atoms with Crippen molar-refractivity contribution in [1.82, 2.24) is 0 Å². The Kier molecular flexibility index (Phi) is 9.11. The number of hydrogen-bond donors (Lipinski definition) is 0. The summed E-state index contributed by atoms with van der Waals surface area (Å²) in [6.45, 7) is 0. The molecule has 13 rings (SSSR count). The van der Waals surface area contributed by atoms with Crippen molar-refractivity contribution in [2.75, 3.05) is 4.90 Å². The van der Waals surface area contributed by atoms with Gasteiger partial charge in [-0.1, -0.05) is 212 Å². The summed E-state index contributed by atoms with van der Waals surface area (Å²) in [6.07, 6.45) is 0. The van der Waals surface area contributed by atoms with E-state index in [1.807, 2.05) is 0 Å². The molecular formula is C65H43NO. The number of hydrogen-bond acceptors (Lipinski definition) is 2. The number of nitrogens with zero attached hydrogens (tertiary/aromatic N) is 1. The van der Waals surface area contributed by atoms with Crippen LogP contribution in [0.4, 0.5) is 17.1 Å². The molecule has 0 aliphatic heterocycles. The van der Waals surface area contributed by atoms with Crippen molar-refractivity contribution in [1.29, 1.82) is 0 Å². The topological polar surface area (TPSA) is 16.4 Å². The summed E-state index contributed by atoms with van der Waals surface area (Å²) in [7, 11) is 0. The van der Waals surface area contributed by atoms with Gasteiger partial charge in [0.15, 0.2) is 0 Å². The molecule has 1 aromatic heterocycles. The monoisotopic (exact) mass is 853 g/mol. The van der Waals surface area contributed by atoms with Crippen LogP contribution in [0.2, 0.25) is 0 Å². The van der Waals surface area contributed by atoms with E-state index in [4.69, 9.17) is 4.42 Å². The summed E-state index contributed by atoms with van der Waals surface area (Å²) in [5.41, 5.74) is 17.0. The van der Waals surface area contributed by atoms with Crippen molar-refractivity contribution < 1.29 is 4.42 Å². The first-order chi connectivity index (χ1) is 33.3. The maximum Gasteiger partial charge on any atom is 0.143 e. The summed E-state index contributed by atoms with van der Waals surface area (Å²) in [5, 5.41) is 5.80. The van der Waals surface area contributed by atoms with Crippen LogP contribution in [-0.2, 0) is 5.41 Å². The Morgan fingerprint density at radius 2 is 0.836 bits per heavy atom. The standard InChI is InChI=1S/C65H43NO/c1-6-20-45(21-7-1)61-62-56-32-17-16-30-53(56)58-42-47(36-40-57(58)64(62)67-63(61)46-22-8-2-9-23-46)44-34-37-51(38-35-44)66(50-28-14-5-15-29-50)52-39-41-55-54-31-18-19-33-59(54)65(60(55)43-52,48-24-10-3-11-25-48)49-26-12-4-13-27-49/h1-43H. The van der Waals surface area contributed by atoms with Crippen LogP contribution in [0.3, 0.4) is 0 Å². The minimum absolute atomic E-state index is 0.496. The van der Waals surface area contributed by atoms with Gasteiger partial charge in [-0.25, -0.2) is 0 Å². The van der Waals surface area contributed by atoms with Crippen LogP contribution in [0.5, 0.6) is 0 Å². The van der Waals surface area contributed by atoms with Gasteiger partial charge in [-0.3, -0.25) is 0 Å². The normalized spacial score (nSPS) is 12.6. The van der Waals surface area contributed by atoms with E-state index >= 15 is 0 Å². The van der Waals surface area contributed by atoms with Crippen LogP contribution in [0, 0.1) is 0 Å². The van der Waals surface area contributed by atoms with Gasteiger partial charge in [-0.15, -0.1) is 0 Å². The molecule has 314 valence electrons. The predicted molar refractivity (Wildman–Crippen MR) is 280 cm³/mol. The van der Waals surface area contributed by atoms with Crippen LogP contribution >= 0.6 is 0 Å². The molecule has 12 aromatic rings. The van der Waals surface area contributed by atoms with Crippen LogP contribution < -0.4 is 4.90 Å². The molecule has 0 unspecified atom stereocenters. The molecule has 1 aliphatic carbocycles. The molecule has 0 atom stereocenters. The molecule has 1 heterocycles. The van der Waals surface area contributed by atoms with Gasteiger partial charge in [0.2, 0.25) is 0 Å². The SMILES string of the molecule is c1ccc(-c2oc3c4ccc(-c5ccc(N(c6ccccc6)c6ccc7c(c6)C(c6ccccc6)(c6ccccc6)c6ccccc6-7)cc5)cc4c4ccccc4c3c2-c2ccccc2)cc1. The summed E-state index contributed by atoms with van der Waals surface area (Å²) >= 11 is 0. The fraction of sp³-hybridized carbons (Fsp3) is 0.0154. The Hall–Kier alpha value is -8.72. The van der Waals surface area contributed by atoms with Crippen molar-refractivity contribution in [3.05, 3.63) is 283 Å². The number of para-hydroxylation sites is 1. The summed E-state index contributed by atoms with van der Waals surface area (Å²) in [5.74, 6) is 0.890. The van der Waals surface area contributed by atoms with Crippen molar-refractivity contribution >= 4 is 49.6 Å². The lowest BCUT2D eigenvalue weighted by molar-refractivity contribution is 0.636. The molecule has 0 amide bonds. The molecule has 0 saturated heterocycles. The Bertz CT molecular complexity index is 3730. The molecule has 2 nitrogen and oxygen atoms in total. The number of benzene rings is 11. The van der Waals surface area contributed by atoms with Gasteiger partial charge in [0.05, 0.1) is 5.41 Å². The molecule has 11 aromatic carbocycles. The van der Waals surface area contributed by atoms with Crippen LogP contribution in [0.25, 0.3) is 77.2 Å². The van der Waals surface area contributed by atoms with Crippen LogP contribution in [0.15, 0.2) is 265 Å². The minimum Gasteiger partial charge on any atom is -0.455 e. The Morgan fingerprint density at radius 3 is 1.52 bits per heavy atom. The Labute approximate surface area is 390 Å². The van der Waals surface area contributed by atoms with Gasteiger partial charge in [0.25, 0.3) is 0 Å². The lowest BCUT2D eigenvalue weighted by Crippen LogP contribution is -2.28. The van der Waals surface area contributed by atoms with Crippen molar-refractivity contribution in [3.63, 3.8) is 0 Å². The van der Waals surface area contributed by atoms with E-state index in [0.717, 1.165) is 67.0 Å². The third kappa shape index (κ3) is 6.11. The fourth-order valence-corrected chi connectivity index (χ4v) is 11.0. The molecule has 2 heteroatoms. The molecule has 67 heavy (non-hydrogen) atoms. The number of rotatable bonds is 8. The third-order valence-electron chi connectivity index (χ3n) is 13.9. The van der Waals surface area contributed by atoms with E-state index in [1.54, 1.807) is 0 Å².